The summed E-state index contributed by atoms with van der Waals surface area (Å²) in [4.78, 5) is 17.0. The maximum absolute atomic E-state index is 12.6. The Bertz CT molecular complexity index is 897. The predicted molar refractivity (Wildman–Crippen MR) is 106 cm³/mol. The highest BCUT2D eigenvalue weighted by molar-refractivity contribution is 7.13. The molecular formula is C19H23N5OS. The first-order chi connectivity index (χ1) is 12.5. The van der Waals surface area contributed by atoms with E-state index in [0.29, 0.717) is 6.54 Å². The minimum atomic E-state index is -0.258. The van der Waals surface area contributed by atoms with Crippen LogP contribution in [0.2, 0.25) is 0 Å². The molecule has 1 amide bonds. The van der Waals surface area contributed by atoms with E-state index < -0.39 is 0 Å². The lowest BCUT2D eigenvalue weighted by Gasteiger charge is -2.14. The highest BCUT2D eigenvalue weighted by atomic mass is 32.1. The molecule has 0 saturated heterocycles. The summed E-state index contributed by atoms with van der Waals surface area (Å²) in [5.41, 5.74) is 3.81. The Kier molecular flexibility index (Phi) is 5.37. The van der Waals surface area contributed by atoms with Crippen LogP contribution in [0, 0.1) is 13.8 Å². The number of aromatic nitrogens is 3. The zero-order chi connectivity index (χ0) is 18.7. The molecule has 2 aromatic heterocycles. The lowest BCUT2D eigenvalue weighted by molar-refractivity contribution is -0.117. The van der Waals surface area contributed by atoms with Gasteiger partial charge in [0.25, 0.3) is 0 Å². The summed E-state index contributed by atoms with van der Waals surface area (Å²) >= 11 is 1.57. The van der Waals surface area contributed by atoms with Crippen LogP contribution in [-0.4, -0.2) is 20.7 Å². The molecule has 0 fully saturated rings. The van der Waals surface area contributed by atoms with Gasteiger partial charge in [-0.15, -0.1) is 11.3 Å². The molecule has 3 rings (SSSR count). The second-order valence-corrected chi connectivity index (χ2v) is 7.10. The van der Waals surface area contributed by atoms with E-state index in [1.54, 1.807) is 16.0 Å². The first-order valence-corrected chi connectivity index (χ1v) is 9.48. The molecule has 136 valence electrons. The number of rotatable bonds is 6. The molecule has 3 aromatic rings. The summed E-state index contributed by atoms with van der Waals surface area (Å²) in [5.74, 6) is 0.432. The van der Waals surface area contributed by atoms with Gasteiger partial charge in [0.05, 0.1) is 17.3 Å². The summed E-state index contributed by atoms with van der Waals surface area (Å²) < 4.78 is 1.79. The second-order valence-electron chi connectivity index (χ2n) is 6.24. The maximum Gasteiger partial charge on any atom is 0.232 e. The highest BCUT2D eigenvalue weighted by Gasteiger charge is 2.17. The van der Waals surface area contributed by atoms with E-state index in [9.17, 15) is 4.79 Å². The summed E-state index contributed by atoms with van der Waals surface area (Å²) in [7, 11) is 0. The minimum absolute atomic E-state index is 0.0455. The molecule has 0 radical (unpaired) electrons. The Balaban J connectivity index is 1.66. The summed E-state index contributed by atoms with van der Waals surface area (Å²) in [6, 6.07) is 9.76. The van der Waals surface area contributed by atoms with Crippen molar-refractivity contribution in [2.75, 3.05) is 10.6 Å². The van der Waals surface area contributed by atoms with Crippen LogP contribution in [0.4, 0.5) is 16.6 Å². The van der Waals surface area contributed by atoms with Gasteiger partial charge in [-0.1, -0.05) is 12.1 Å². The molecule has 7 heteroatoms. The SMILES string of the molecule is CCn1nc(C)cc1NC(=O)C(C)c1ccc(Nc2nc(C)cs2)cc1. The third kappa shape index (κ3) is 4.11. The molecule has 1 unspecified atom stereocenters. The van der Waals surface area contributed by atoms with E-state index in [0.717, 1.165) is 33.6 Å². The van der Waals surface area contributed by atoms with Crippen molar-refractivity contribution in [1.82, 2.24) is 14.8 Å². The molecule has 26 heavy (non-hydrogen) atoms. The Morgan fingerprint density at radius 2 is 1.96 bits per heavy atom. The number of benzene rings is 1. The maximum atomic E-state index is 12.6. The van der Waals surface area contributed by atoms with Crippen LogP contribution in [0.5, 0.6) is 0 Å². The average molecular weight is 369 g/mol. The van der Waals surface area contributed by atoms with E-state index in [2.05, 4.69) is 20.7 Å². The van der Waals surface area contributed by atoms with Gasteiger partial charge in [-0.2, -0.15) is 5.10 Å². The number of nitrogens with zero attached hydrogens (tertiary/aromatic N) is 3. The fourth-order valence-corrected chi connectivity index (χ4v) is 3.37. The van der Waals surface area contributed by atoms with Gasteiger partial charge in [0.2, 0.25) is 5.91 Å². The average Bonchev–Trinajstić information content (AvgIpc) is 3.19. The molecule has 0 spiro atoms. The Morgan fingerprint density at radius 1 is 1.23 bits per heavy atom. The molecular weight excluding hydrogens is 346 g/mol. The Morgan fingerprint density at radius 3 is 2.58 bits per heavy atom. The predicted octanol–water partition coefficient (Wildman–Crippen LogP) is 4.46. The van der Waals surface area contributed by atoms with Gasteiger partial charge in [-0.3, -0.25) is 4.79 Å². The van der Waals surface area contributed by atoms with Gasteiger partial charge in [-0.05, 0) is 45.4 Å². The van der Waals surface area contributed by atoms with Crippen molar-refractivity contribution in [2.24, 2.45) is 0 Å². The third-order valence-electron chi connectivity index (χ3n) is 4.13. The van der Waals surface area contributed by atoms with Gasteiger partial charge in [-0.25, -0.2) is 9.67 Å². The Labute approximate surface area is 157 Å². The number of carbonyl (C=O) groups is 1. The van der Waals surface area contributed by atoms with E-state index in [-0.39, 0.29) is 11.8 Å². The molecule has 6 nitrogen and oxygen atoms in total. The summed E-state index contributed by atoms with van der Waals surface area (Å²) in [5, 5.41) is 13.5. The van der Waals surface area contributed by atoms with Gasteiger partial charge >= 0.3 is 0 Å². The van der Waals surface area contributed by atoms with Crippen molar-refractivity contribution < 1.29 is 4.79 Å². The van der Waals surface area contributed by atoms with Gasteiger partial charge in [0.1, 0.15) is 5.82 Å². The number of hydrogen-bond acceptors (Lipinski definition) is 5. The number of thiazole rings is 1. The van der Waals surface area contributed by atoms with Crippen LogP contribution in [0.3, 0.4) is 0 Å². The zero-order valence-corrected chi connectivity index (χ0v) is 16.2. The molecule has 1 aromatic carbocycles. The van der Waals surface area contributed by atoms with Crippen molar-refractivity contribution in [1.29, 1.82) is 0 Å². The van der Waals surface area contributed by atoms with Crippen molar-refractivity contribution >= 4 is 33.9 Å². The van der Waals surface area contributed by atoms with Crippen molar-refractivity contribution in [2.45, 2.75) is 40.2 Å². The largest absolute Gasteiger partial charge is 0.332 e. The number of carbonyl (C=O) groups excluding carboxylic acids is 1. The smallest absolute Gasteiger partial charge is 0.232 e. The lowest BCUT2D eigenvalue weighted by atomic mass is 10.00. The first kappa shape index (κ1) is 18.1. The summed E-state index contributed by atoms with van der Waals surface area (Å²) in [6.45, 7) is 8.51. The number of hydrogen-bond donors (Lipinski definition) is 2. The fraction of sp³-hybridized carbons (Fsp3) is 0.316. The number of anilines is 3. The quantitative estimate of drug-likeness (QED) is 0.673. The van der Waals surface area contributed by atoms with Gasteiger partial charge in [0, 0.05) is 23.7 Å². The minimum Gasteiger partial charge on any atom is -0.332 e. The molecule has 0 aliphatic carbocycles. The monoisotopic (exact) mass is 369 g/mol. The third-order valence-corrected chi connectivity index (χ3v) is 5.00. The van der Waals surface area contributed by atoms with Crippen LogP contribution in [0.1, 0.15) is 36.7 Å². The molecule has 1 atom stereocenters. The second kappa shape index (κ2) is 7.70. The normalized spacial score (nSPS) is 12.0. The molecule has 2 N–H and O–H groups in total. The molecule has 0 aliphatic heterocycles. The first-order valence-electron chi connectivity index (χ1n) is 8.60. The van der Waals surface area contributed by atoms with Crippen LogP contribution in [-0.2, 0) is 11.3 Å². The lowest BCUT2D eigenvalue weighted by Crippen LogP contribution is -2.21. The van der Waals surface area contributed by atoms with Crippen LogP contribution < -0.4 is 10.6 Å². The molecule has 2 heterocycles. The van der Waals surface area contributed by atoms with Gasteiger partial charge in [0.15, 0.2) is 5.13 Å². The number of amides is 1. The zero-order valence-electron chi connectivity index (χ0n) is 15.4. The molecule has 0 bridgehead atoms. The number of aryl methyl sites for hydroxylation is 3. The van der Waals surface area contributed by atoms with E-state index in [1.807, 2.05) is 63.4 Å². The molecule has 0 saturated carbocycles. The van der Waals surface area contributed by atoms with Crippen LogP contribution in [0.15, 0.2) is 35.7 Å². The number of nitrogens with one attached hydrogen (secondary N) is 2. The van der Waals surface area contributed by atoms with Crippen LogP contribution >= 0.6 is 11.3 Å². The van der Waals surface area contributed by atoms with Gasteiger partial charge < -0.3 is 10.6 Å². The topological polar surface area (TPSA) is 71.8 Å². The summed E-state index contributed by atoms with van der Waals surface area (Å²) in [6.07, 6.45) is 0. The van der Waals surface area contributed by atoms with E-state index in [1.165, 1.54) is 0 Å². The molecule has 0 aliphatic rings. The van der Waals surface area contributed by atoms with Crippen molar-refractivity contribution in [3.63, 3.8) is 0 Å². The fourth-order valence-electron chi connectivity index (χ4n) is 2.66. The van der Waals surface area contributed by atoms with Crippen molar-refractivity contribution in [3.05, 3.63) is 52.7 Å². The van der Waals surface area contributed by atoms with E-state index >= 15 is 0 Å². The van der Waals surface area contributed by atoms with Crippen molar-refractivity contribution in [3.8, 4) is 0 Å². The highest BCUT2D eigenvalue weighted by Crippen LogP contribution is 2.24. The van der Waals surface area contributed by atoms with E-state index in [4.69, 9.17) is 0 Å². The van der Waals surface area contributed by atoms with Crippen LogP contribution in [0.25, 0.3) is 0 Å². The standard InChI is InChI=1S/C19H23N5OS/c1-5-24-17(10-12(2)23-24)22-18(25)14(4)15-6-8-16(9-7-15)21-19-20-13(3)11-26-19/h6-11,14H,5H2,1-4H3,(H,20,21)(H,22,25). The Hall–Kier alpha value is -2.67.